The van der Waals surface area contributed by atoms with Crippen molar-refractivity contribution in [3.05, 3.63) is 0 Å². The lowest BCUT2D eigenvalue weighted by molar-refractivity contribution is 0.963. The zero-order valence-electron chi connectivity index (χ0n) is 3.20. The van der Waals surface area contributed by atoms with Gasteiger partial charge in [-0.1, -0.05) is 15.7 Å². The average molecular weight is 114 g/mol. The fourth-order valence-electron chi connectivity index (χ4n) is 1.40. The van der Waals surface area contributed by atoms with Crippen LogP contribution in [0.1, 0.15) is 0 Å². The summed E-state index contributed by atoms with van der Waals surface area (Å²) in [6.07, 6.45) is 0. The molecule has 0 amide bonds. The van der Waals surface area contributed by atoms with Crippen molar-refractivity contribution < 1.29 is 0 Å². The first-order valence-corrected chi connectivity index (χ1v) is 5.02. The van der Waals surface area contributed by atoms with Crippen LogP contribution < -0.4 is 0 Å². The van der Waals surface area contributed by atoms with Crippen molar-refractivity contribution in [2.75, 3.05) is 0 Å². The average Bonchev–Trinajstić information content (AvgIpc) is 2.30. The van der Waals surface area contributed by atoms with Crippen LogP contribution in [0.15, 0.2) is 0 Å². The molecule has 0 saturated heterocycles. The van der Waals surface area contributed by atoms with Gasteiger partial charge in [0.25, 0.3) is 0 Å². The maximum absolute atomic E-state index is 1.77. The van der Waals surface area contributed by atoms with Crippen molar-refractivity contribution >= 4 is 15.7 Å². The Hall–Kier alpha value is 0.600. The van der Waals surface area contributed by atoms with E-state index in [-0.39, 0.29) is 0 Å². The first-order chi connectivity index (χ1) is 2.98. The van der Waals surface area contributed by atoms with Crippen LogP contribution in [0.3, 0.4) is 0 Å². The van der Waals surface area contributed by atoms with Crippen molar-refractivity contribution in [3.63, 3.8) is 0 Å². The summed E-state index contributed by atoms with van der Waals surface area (Å²) in [5.74, 6) is 2.54. The fourth-order valence-corrected chi connectivity index (χ4v) is 6.71. The summed E-state index contributed by atoms with van der Waals surface area (Å²) in [6.45, 7) is 0. The van der Waals surface area contributed by atoms with Gasteiger partial charge in [0, 0.05) is 11.3 Å². The number of hydrogen-bond acceptors (Lipinski definition) is 0. The molecule has 2 aliphatic carbocycles. The van der Waals surface area contributed by atoms with Gasteiger partial charge >= 0.3 is 0 Å². The third kappa shape index (κ3) is 0.128. The van der Waals surface area contributed by atoms with Gasteiger partial charge in [-0.05, 0) is 11.8 Å². The van der Waals surface area contributed by atoms with Gasteiger partial charge in [0.1, 0.15) is 0 Å². The molecule has 2 bridgehead atoms. The van der Waals surface area contributed by atoms with Crippen molar-refractivity contribution in [2.45, 2.75) is 11.3 Å². The fraction of sp³-hybridized carbons (Fsp3) is 1.00. The van der Waals surface area contributed by atoms with Crippen LogP contribution in [-0.4, -0.2) is 11.3 Å². The molecule has 0 aromatic rings. The molecule has 2 fully saturated rings. The topological polar surface area (TPSA) is 0 Å². The van der Waals surface area contributed by atoms with E-state index in [0.717, 1.165) is 0 Å². The predicted molar refractivity (Wildman–Crippen MR) is 28.4 cm³/mol. The summed E-state index contributed by atoms with van der Waals surface area (Å²) in [5.41, 5.74) is 2.47. The van der Waals surface area contributed by atoms with Gasteiger partial charge in [0.15, 0.2) is 0 Å². The molecule has 0 nitrogen and oxygen atoms in total. The van der Waals surface area contributed by atoms with Gasteiger partial charge in [-0.2, -0.15) is 0 Å². The first kappa shape index (κ1) is 2.80. The summed E-state index contributed by atoms with van der Waals surface area (Å²) in [7, 11) is 3.55. The van der Waals surface area contributed by atoms with Crippen LogP contribution in [0.2, 0.25) is 0 Å². The van der Waals surface area contributed by atoms with Crippen LogP contribution in [0.4, 0.5) is 0 Å². The minimum absolute atomic E-state index is 1.23. The van der Waals surface area contributed by atoms with Gasteiger partial charge in [-0.15, -0.1) is 0 Å². The highest BCUT2D eigenvalue weighted by Crippen LogP contribution is 2.81. The normalized spacial score (nSPS) is 82.7. The predicted octanol–water partition coefficient (Wildman–Crippen LogP) is 1.80. The lowest BCUT2D eigenvalue weighted by Gasteiger charge is -1.82. The minimum atomic E-state index is 1.23. The molecule has 30 valence electrons. The molecule has 0 unspecified atom stereocenters. The molecule has 4 rings (SSSR count). The molecule has 0 spiro atoms. The molecular weight excluding hydrogens is 110 g/mol. The zero-order valence-corrected chi connectivity index (χ0v) is 4.99. The Morgan fingerprint density at radius 1 is 0.833 bits per heavy atom. The standard InChI is InChI=1S/C4H4P2/c5-3-1-2(3)4(1)6-5/h1-4H. The summed E-state index contributed by atoms with van der Waals surface area (Å²) >= 11 is 0. The molecule has 2 heteroatoms. The van der Waals surface area contributed by atoms with Crippen molar-refractivity contribution in [1.82, 2.24) is 0 Å². The zero-order chi connectivity index (χ0) is 3.72. The molecule has 2 heterocycles. The highest BCUT2D eigenvalue weighted by Gasteiger charge is 2.75. The van der Waals surface area contributed by atoms with E-state index in [9.17, 15) is 0 Å². The largest absolute Gasteiger partial charge is 0.0718 e. The molecule has 4 aliphatic rings. The minimum Gasteiger partial charge on any atom is -0.0718 e. The Labute approximate surface area is 39.7 Å². The summed E-state index contributed by atoms with van der Waals surface area (Å²) in [6, 6.07) is 0. The Balaban J connectivity index is 2.35. The van der Waals surface area contributed by atoms with Gasteiger partial charge in [-0.3, -0.25) is 0 Å². The Morgan fingerprint density at radius 3 is 1.50 bits per heavy atom. The molecule has 0 radical (unpaired) electrons. The second kappa shape index (κ2) is 0.556. The Kier molecular flexibility index (Phi) is 0.259. The third-order valence-electron chi connectivity index (χ3n) is 2.07. The Bertz CT molecular complexity index is 116. The van der Waals surface area contributed by atoms with Crippen LogP contribution in [0.25, 0.3) is 0 Å². The molecular formula is C4H4P2. The Morgan fingerprint density at radius 2 is 1.33 bits per heavy atom. The summed E-state index contributed by atoms with van der Waals surface area (Å²) in [5, 5.41) is 0. The first-order valence-electron chi connectivity index (χ1n) is 2.38. The van der Waals surface area contributed by atoms with Crippen LogP contribution in [-0.2, 0) is 0 Å². The molecule has 0 aromatic carbocycles. The van der Waals surface area contributed by atoms with Crippen LogP contribution >= 0.6 is 15.7 Å². The molecule has 6 heavy (non-hydrogen) atoms. The maximum Gasteiger partial charge on any atom is 0.0131 e. The quantitative estimate of drug-likeness (QED) is 0.421. The highest BCUT2D eigenvalue weighted by atomic mass is 31.7. The summed E-state index contributed by atoms with van der Waals surface area (Å²) < 4.78 is 0. The van der Waals surface area contributed by atoms with E-state index in [1.807, 2.05) is 0 Å². The second-order valence-electron chi connectivity index (χ2n) is 2.37. The monoisotopic (exact) mass is 114 g/mol. The lowest BCUT2D eigenvalue weighted by atomic mass is 10.4. The van der Waals surface area contributed by atoms with Gasteiger partial charge in [0.05, 0.1) is 0 Å². The van der Waals surface area contributed by atoms with Crippen LogP contribution in [0.5, 0.6) is 0 Å². The van der Waals surface area contributed by atoms with Gasteiger partial charge < -0.3 is 0 Å². The van der Waals surface area contributed by atoms with Crippen molar-refractivity contribution in [2.24, 2.45) is 11.8 Å². The lowest BCUT2D eigenvalue weighted by Crippen LogP contribution is -1.88. The van der Waals surface area contributed by atoms with E-state index < -0.39 is 0 Å². The molecule has 0 atom stereocenters. The number of rotatable bonds is 0. The van der Waals surface area contributed by atoms with E-state index >= 15 is 0 Å². The van der Waals surface area contributed by atoms with Gasteiger partial charge in [0.2, 0.25) is 0 Å². The summed E-state index contributed by atoms with van der Waals surface area (Å²) in [4.78, 5) is 0. The van der Waals surface area contributed by atoms with E-state index in [2.05, 4.69) is 0 Å². The molecule has 2 aliphatic heterocycles. The van der Waals surface area contributed by atoms with Crippen molar-refractivity contribution in [3.8, 4) is 0 Å². The van der Waals surface area contributed by atoms with E-state index in [1.54, 1.807) is 15.7 Å². The maximum atomic E-state index is 1.77. The number of hydrogen-bond donors (Lipinski definition) is 0. The van der Waals surface area contributed by atoms with Crippen molar-refractivity contribution in [1.29, 1.82) is 0 Å². The highest BCUT2D eigenvalue weighted by molar-refractivity contribution is 7.86. The van der Waals surface area contributed by atoms with E-state index in [1.165, 1.54) is 23.2 Å². The van der Waals surface area contributed by atoms with Crippen LogP contribution in [0, 0.1) is 11.8 Å². The molecule has 0 aromatic heterocycles. The second-order valence-corrected chi connectivity index (χ2v) is 5.41. The third-order valence-corrected chi connectivity index (χ3v) is 6.12. The van der Waals surface area contributed by atoms with Gasteiger partial charge in [-0.25, -0.2) is 0 Å². The smallest absolute Gasteiger partial charge is 0.0131 e. The van der Waals surface area contributed by atoms with E-state index in [0.29, 0.717) is 0 Å². The molecule has 0 N–H and O–H groups in total. The SMILES string of the molecule is P1=PC2C3C1C23. The van der Waals surface area contributed by atoms with E-state index in [4.69, 9.17) is 0 Å². The molecule has 2 saturated carbocycles.